The minimum atomic E-state index is -0.348. The van der Waals surface area contributed by atoms with E-state index in [1.807, 2.05) is 0 Å². The Hall–Kier alpha value is -3.09. The second kappa shape index (κ2) is 10.5. The van der Waals surface area contributed by atoms with E-state index in [2.05, 4.69) is 10.6 Å². The fourth-order valence-electron chi connectivity index (χ4n) is 4.36. The van der Waals surface area contributed by atoms with Crippen LogP contribution in [0.3, 0.4) is 0 Å². The van der Waals surface area contributed by atoms with Gasteiger partial charge in [-0.25, -0.2) is 4.79 Å². The number of hydrogen-bond acceptors (Lipinski definition) is 5. The predicted molar refractivity (Wildman–Crippen MR) is 124 cm³/mol. The van der Waals surface area contributed by atoms with Crippen LogP contribution in [0.25, 0.3) is 0 Å². The summed E-state index contributed by atoms with van der Waals surface area (Å²) < 4.78 is 23.1. The molecule has 0 aromatic heterocycles. The number of benzene rings is 2. The van der Waals surface area contributed by atoms with Crippen molar-refractivity contribution >= 4 is 17.4 Å². The fraction of sp³-hybridized carbons (Fsp3) is 0.480. The summed E-state index contributed by atoms with van der Waals surface area (Å²) in [6.45, 7) is 0. The molecule has 0 saturated heterocycles. The maximum Gasteiger partial charge on any atom is 0.323 e. The third-order valence-electron chi connectivity index (χ3n) is 6.03. The van der Waals surface area contributed by atoms with Crippen LogP contribution in [0.5, 0.6) is 23.0 Å². The summed E-state index contributed by atoms with van der Waals surface area (Å²) in [4.78, 5) is 12.6. The highest BCUT2D eigenvalue weighted by Crippen LogP contribution is 2.35. The molecule has 4 rings (SSSR count). The number of hydrogen-bond donors (Lipinski definition) is 2. The Morgan fingerprint density at radius 1 is 0.688 bits per heavy atom. The summed E-state index contributed by atoms with van der Waals surface area (Å²) >= 11 is 0. The van der Waals surface area contributed by atoms with Crippen molar-refractivity contribution in [2.24, 2.45) is 0 Å². The van der Waals surface area contributed by atoms with Crippen LogP contribution in [0.4, 0.5) is 16.2 Å². The van der Waals surface area contributed by atoms with Gasteiger partial charge in [0, 0.05) is 23.5 Å². The average molecular weight is 441 g/mol. The molecule has 0 atom stereocenters. The molecule has 2 aromatic rings. The molecule has 2 saturated carbocycles. The third kappa shape index (κ3) is 5.58. The molecule has 0 spiro atoms. The molecule has 2 aliphatic carbocycles. The van der Waals surface area contributed by atoms with Crippen LogP contribution in [-0.2, 0) is 0 Å². The smallest absolute Gasteiger partial charge is 0.323 e. The number of carbonyl (C=O) groups is 1. The van der Waals surface area contributed by atoms with Crippen molar-refractivity contribution in [2.45, 2.75) is 63.6 Å². The van der Waals surface area contributed by atoms with Gasteiger partial charge in [-0.05, 0) is 75.6 Å². The van der Waals surface area contributed by atoms with E-state index in [1.165, 1.54) is 25.7 Å². The first-order valence-electron chi connectivity index (χ1n) is 11.4. The standard InChI is InChI=1S/C25H32N2O5/c1-29-21-13-11-17(15-23(21)31-19-7-3-4-8-19)26-25(28)27-18-12-14-22(30-2)24(16-18)32-20-9-5-6-10-20/h11-16,19-20H,3-10H2,1-2H3,(H2,26,27,28). The van der Waals surface area contributed by atoms with E-state index in [4.69, 9.17) is 18.9 Å². The van der Waals surface area contributed by atoms with Gasteiger partial charge in [-0.15, -0.1) is 0 Å². The zero-order valence-electron chi connectivity index (χ0n) is 18.8. The Balaban J connectivity index is 1.41. The van der Waals surface area contributed by atoms with E-state index in [-0.39, 0.29) is 18.2 Å². The van der Waals surface area contributed by atoms with Crippen LogP contribution >= 0.6 is 0 Å². The zero-order chi connectivity index (χ0) is 22.3. The SMILES string of the molecule is COc1ccc(NC(=O)Nc2ccc(OC)c(OC3CCCC3)c2)cc1OC1CCCC1. The molecule has 0 unspecified atom stereocenters. The lowest BCUT2D eigenvalue weighted by molar-refractivity contribution is 0.201. The van der Waals surface area contributed by atoms with Crippen molar-refractivity contribution < 1.29 is 23.7 Å². The molecule has 2 fully saturated rings. The summed E-state index contributed by atoms with van der Waals surface area (Å²) in [5.41, 5.74) is 1.26. The van der Waals surface area contributed by atoms with Crippen LogP contribution in [0.2, 0.25) is 0 Å². The normalized spacial score (nSPS) is 16.6. The molecule has 0 bridgehead atoms. The molecule has 2 N–H and O–H groups in total. The highest BCUT2D eigenvalue weighted by molar-refractivity contribution is 6.00. The first kappa shape index (κ1) is 22.1. The van der Waals surface area contributed by atoms with Crippen LogP contribution < -0.4 is 29.6 Å². The maximum atomic E-state index is 12.6. The van der Waals surface area contributed by atoms with Crippen LogP contribution in [-0.4, -0.2) is 32.5 Å². The summed E-state index contributed by atoms with van der Waals surface area (Å²) in [6.07, 6.45) is 9.31. The van der Waals surface area contributed by atoms with Gasteiger partial charge in [0.2, 0.25) is 0 Å². The van der Waals surface area contributed by atoms with Crippen molar-refractivity contribution in [3.63, 3.8) is 0 Å². The number of methoxy groups -OCH3 is 2. The Kier molecular flexibility index (Phi) is 7.24. The van der Waals surface area contributed by atoms with E-state index < -0.39 is 0 Å². The predicted octanol–water partition coefficient (Wildman–Crippen LogP) is 5.99. The van der Waals surface area contributed by atoms with E-state index in [0.29, 0.717) is 34.4 Å². The van der Waals surface area contributed by atoms with Crippen LogP contribution in [0.1, 0.15) is 51.4 Å². The molecule has 2 aliphatic rings. The van der Waals surface area contributed by atoms with Gasteiger partial charge < -0.3 is 29.6 Å². The summed E-state index contributed by atoms with van der Waals surface area (Å²) in [5.74, 6) is 2.61. The molecule has 32 heavy (non-hydrogen) atoms. The van der Waals surface area contributed by atoms with E-state index in [1.54, 1.807) is 50.6 Å². The zero-order valence-corrected chi connectivity index (χ0v) is 18.8. The number of urea groups is 1. The molecule has 7 heteroatoms. The highest BCUT2D eigenvalue weighted by Gasteiger charge is 2.20. The minimum Gasteiger partial charge on any atom is -0.493 e. The van der Waals surface area contributed by atoms with Crippen LogP contribution in [0, 0.1) is 0 Å². The quantitative estimate of drug-likeness (QED) is 0.527. The Labute approximate surface area is 189 Å². The number of nitrogens with one attached hydrogen (secondary N) is 2. The van der Waals surface area contributed by atoms with Gasteiger partial charge in [0.1, 0.15) is 0 Å². The van der Waals surface area contributed by atoms with Gasteiger partial charge in [-0.2, -0.15) is 0 Å². The third-order valence-corrected chi connectivity index (χ3v) is 6.03. The molecular weight excluding hydrogens is 408 g/mol. The van der Waals surface area contributed by atoms with Crippen molar-refractivity contribution in [1.82, 2.24) is 0 Å². The lowest BCUT2D eigenvalue weighted by Crippen LogP contribution is -2.20. The van der Waals surface area contributed by atoms with Crippen molar-refractivity contribution in [3.05, 3.63) is 36.4 Å². The molecule has 7 nitrogen and oxygen atoms in total. The van der Waals surface area contributed by atoms with Gasteiger partial charge in [0.25, 0.3) is 0 Å². The monoisotopic (exact) mass is 440 g/mol. The topological polar surface area (TPSA) is 78.1 Å². The first-order valence-corrected chi connectivity index (χ1v) is 11.4. The summed E-state index contributed by atoms with van der Waals surface area (Å²) in [5, 5.41) is 5.74. The summed E-state index contributed by atoms with van der Waals surface area (Å²) in [7, 11) is 3.23. The number of amides is 2. The first-order chi connectivity index (χ1) is 15.6. The second-order valence-electron chi connectivity index (χ2n) is 8.36. The largest absolute Gasteiger partial charge is 0.493 e. The Morgan fingerprint density at radius 3 is 1.47 bits per heavy atom. The van der Waals surface area contributed by atoms with Gasteiger partial charge in [-0.1, -0.05) is 0 Å². The van der Waals surface area contributed by atoms with Crippen molar-refractivity contribution in [1.29, 1.82) is 0 Å². The van der Waals surface area contributed by atoms with E-state index in [0.717, 1.165) is 25.7 Å². The molecule has 0 heterocycles. The van der Waals surface area contributed by atoms with Crippen LogP contribution in [0.15, 0.2) is 36.4 Å². The maximum absolute atomic E-state index is 12.6. The number of ether oxygens (including phenoxy) is 4. The molecule has 2 amide bonds. The molecule has 0 aliphatic heterocycles. The van der Waals surface area contributed by atoms with Crippen molar-refractivity contribution in [3.8, 4) is 23.0 Å². The minimum absolute atomic E-state index is 0.200. The number of anilines is 2. The Morgan fingerprint density at radius 2 is 1.09 bits per heavy atom. The van der Waals surface area contributed by atoms with Gasteiger partial charge >= 0.3 is 6.03 Å². The molecular formula is C25H32N2O5. The van der Waals surface area contributed by atoms with Gasteiger partial charge in [-0.3, -0.25) is 0 Å². The van der Waals surface area contributed by atoms with E-state index >= 15 is 0 Å². The molecule has 0 radical (unpaired) electrons. The highest BCUT2D eigenvalue weighted by atomic mass is 16.5. The second-order valence-corrected chi connectivity index (χ2v) is 8.36. The van der Waals surface area contributed by atoms with Crippen molar-refractivity contribution in [2.75, 3.05) is 24.9 Å². The molecule has 172 valence electrons. The fourth-order valence-corrected chi connectivity index (χ4v) is 4.36. The van der Waals surface area contributed by atoms with Gasteiger partial charge in [0.05, 0.1) is 26.4 Å². The number of rotatable bonds is 8. The molecule has 2 aromatic carbocycles. The average Bonchev–Trinajstić information content (AvgIpc) is 3.49. The van der Waals surface area contributed by atoms with E-state index in [9.17, 15) is 4.79 Å². The summed E-state index contributed by atoms with van der Waals surface area (Å²) in [6, 6.07) is 10.5. The number of carbonyl (C=O) groups excluding carboxylic acids is 1. The lowest BCUT2D eigenvalue weighted by Gasteiger charge is -2.18. The van der Waals surface area contributed by atoms with Gasteiger partial charge in [0.15, 0.2) is 23.0 Å². The Bertz CT molecular complexity index is 847. The lowest BCUT2D eigenvalue weighted by atomic mass is 10.2.